The van der Waals surface area contributed by atoms with Crippen LogP contribution in [-0.2, 0) is 15.6 Å². The third kappa shape index (κ3) is 4.56. The van der Waals surface area contributed by atoms with Crippen molar-refractivity contribution in [1.82, 2.24) is 0 Å². The third-order valence-electron chi connectivity index (χ3n) is 2.62. The van der Waals surface area contributed by atoms with Crippen molar-refractivity contribution < 1.29 is 9.00 Å². The van der Waals surface area contributed by atoms with Gasteiger partial charge < -0.3 is 11.1 Å². The van der Waals surface area contributed by atoms with Gasteiger partial charge >= 0.3 is 0 Å². The Morgan fingerprint density at radius 1 is 1.24 bits per heavy atom. The number of benzene rings is 2. The number of halogens is 2. The molecule has 0 aliphatic heterocycles. The fraction of sp³-hybridized carbons (Fsp3) is 0.0714. The minimum absolute atomic E-state index is 0.121. The van der Waals surface area contributed by atoms with Crippen molar-refractivity contribution in [3.05, 3.63) is 52.0 Å². The zero-order valence-corrected chi connectivity index (χ0v) is 14.0. The number of nitrogens with one attached hydrogen (secondary N) is 1. The van der Waals surface area contributed by atoms with E-state index >= 15 is 0 Å². The molecule has 0 aliphatic rings. The van der Waals surface area contributed by atoms with Crippen LogP contribution in [0.3, 0.4) is 0 Å². The standard InChI is InChI=1S/C14H12BrClN2O2S/c15-9-1-4-11(5-2-9)21(20)8-14(19)18-10-3-6-12(16)13(17)7-10/h1-7H,8,17H2,(H,18,19). The maximum Gasteiger partial charge on any atom is 0.237 e. The van der Waals surface area contributed by atoms with E-state index in [1.807, 2.05) is 0 Å². The van der Waals surface area contributed by atoms with Crippen LogP contribution in [0, 0.1) is 0 Å². The van der Waals surface area contributed by atoms with Gasteiger partial charge in [0, 0.05) is 15.1 Å². The van der Waals surface area contributed by atoms with Gasteiger partial charge in [0.15, 0.2) is 0 Å². The van der Waals surface area contributed by atoms with E-state index in [0.29, 0.717) is 21.3 Å². The first kappa shape index (κ1) is 16.0. The largest absolute Gasteiger partial charge is 0.397 e. The summed E-state index contributed by atoms with van der Waals surface area (Å²) in [7, 11) is -1.40. The first-order chi connectivity index (χ1) is 9.95. The van der Waals surface area contributed by atoms with Gasteiger partial charge in [-0.2, -0.15) is 0 Å². The molecule has 1 unspecified atom stereocenters. The molecular weight excluding hydrogens is 376 g/mol. The molecule has 110 valence electrons. The Bertz CT molecular complexity index is 692. The summed E-state index contributed by atoms with van der Waals surface area (Å²) in [5.74, 6) is -0.470. The summed E-state index contributed by atoms with van der Waals surface area (Å²) in [6.07, 6.45) is 0. The van der Waals surface area contributed by atoms with Gasteiger partial charge in [-0.3, -0.25) is 9.00 Å². The van der Waals surface area contributed by atoms with Crippen LogP contribution in [-0.4, -0.2) is 15.9 Å². The maximum atomic E-state index is 12.1. The zero-order chi connectivity index (χ0) is 15.4. The number of hydrogen-bond acceptors (Lipinski definition) is 3. The SMILES string of the molecule is Nc1cc(NC(=O)CS(=O)c2ccc(Br)cc2)ccc1Cl. The van der Waals surface area contributed by atoms with E-state index in [1.54, 1.807) is 42.5 Å². The van der Waals surface area contributed by atoms with Gasteiger partial charge in [0.1, 0.15) is 5.75 Å². The Morgan fingerprint density at radius 3 is 2.52 bits per heavy atom. The van der Waals surface area contributed by atoms with Crippen LogP contribution in [0.4, 0.5) is 11.4 Å². The molecule has 2 aromatic carbocycles. The number of nitrogens with two attached hydrogens (primary N) is 1. The van der Waals surface area contributed by atoms with E-state index in [9.17, 15) is 9.00 Å². The molecule has 1 atom stereocenters. The minimum Gasteiger partial charge on any atom is -0.397 e. The number of hydrogen-bond donors (Lipinski definition) is 2. The van der Waals surface area contributed by atoms with Crippen molar-refractivity contribution in [1.29, 1.82) is 0 Å². The molecule has 2 aromatic rings. The number of amides is 1. The van der Waals surface area contributed by atoms with Crippen LogP contribution >= 0.6 is 27.5 Å². The van der Waals surface area contributed by atoms with Crippen LogP contribution in [0.5, 0.6) is 0 Å². The molecule has 0 bridgehead atoms. The first-order valence-electron chi connectivity index (χ1n) is 5.94. The number of rotatable bonds is 4. The van der Waals surface area contributed by atoms with Crippen molar-refractivity contribution in [3.8, 4) is 0 Å². The van der Waals surface area contributed by atoms with Crippen molar-refractivity contribution >= 4 is 55.6 Å². The fourth-order valence-electron chi connectivity index (χ4n) is 1.61. The summed E-state index contributed by atoms with van der Waals surface area (Å²) in [5.41, 5.74) is 6.56. The van der Waals surface area contributed by atoms with Gasteiger partial charge in [0.25, 0.3) is 0 Å². The molecular formula is C14H12BrClN2O2S. The highest BCUT2D eigenvalue weighted by molar-refractivity contribution is 9.10. The second-order valence-electron chi connectivity index (χ2n) is 4.23. The second kappa shape index (κ2) is 7.06. The molecule has 0 radical (unpaired) electrons. The lowest BCUT2D eigenvalue weighted by molar-refractivity contribution is -0.113. The van der Waals surface area contributed by atoms with E-state index in [2.05, 4.69) is 21.2 Å². The summed E-state index contributed by atoms with van der Waals surface area (Å²) in [6.45, 7) is 0. The van der Waals surface area contributed by atoms with Crippen LogP contribution in [0.1, 0.15) is 0 Å². The Labute approximate surface area is 138 Å². The number of anilines is 2. The van der Waals surface area contributed by atoms with Gasteiger partial charge in [-0.15, -0.1) is 0 Å². The van der Waals surface area contributed by atoms with Gasteiger partial charge in [-0.1, -0.05) is 27.5 Å². The van der Waals surface area contributed by atoms with E-state index in [1.165, 1.54) is 0 Å². The Kier molecular flexibility index (Phi) is 5.39. The summed E-state index contributed by atoms with van der Waals surface area (Å²) in [5, 5.41) is 3.06. The predicted octanol–water partition coefficient (Wildman–Crippen LogP) is 3.43. The molecule has 3 N–H and O–H groups in total. The average molecular weight is 388 g/mol. The number of nitrogen functional groups attached to an aromatic ring is 1. The van der Waals surface area contributed by atoms with E-state index < -0.39 is 10.8 Å². The Morgan fingerprint density at radius 2 is 1.90 bits per heavy atom. The van der Waals surface area contributed by atoms with E-state index in [-0.39, 0.29) is 11.7 Å². The maximum absolute atomic E-state index is 12.1. The van der Waals surface area contributed by atoms with Gasteiger partial charge in [-0.05, 0) is 42.5 Å². The summed E-state index contributed by atoms with van der Waals surface area (Å²) < 4.78 is 13.0. The highest BCUT2D eigenvalue weighted by Gasteiger charge is 2.11. The average Bonchev–Trinajstić information content (AvgIpc) is 2.43. The molecule has 1 amide bonds. The van der Waals surface area contributed by atoms with Crippen molar-refractivity contribution in [2.45, 2.75) is 4.90 Å². The summed E-state index contributed by atoms with van der Waals surface area (Å²) in [4.78, 5) is 12.5. The summed E-state index contributed by atoms with van der Waals surface area (Å²) in [6, 6.07) is 11.8. The Hall–Kier alpha value is -1.37. The predicted molar refractivity (Wildman–Crippen MR) is 89.9 cm³/mol. The van der Waals surface area contributed by atoms with Gasteiger partial charge in [0.05, 0.1) is 21.5 Å². The molecule has 0 saturated heterocycles. The first-order valence-corrected chi connectivity index (χ1v) is 8.43. The highest BCUT2D eigenvalue weighted by atomic mass is 79.9. The van der Waals surface area contributed by atoms with Gasteiger partial charge in [0.2, 0.25) is 5.91 Å². The number of carbonyl (C=O) groups excluding carboxylic acids is 1. The zero-order valence-electron chi connectivity index (χ0n) is 10.8. The van der Waals surface area contributed by atoms with E-state index in [0.717, 1.165) is 4.47 Å². The monoisotopic (exact) mass is 386 g/mol. The lowest BCUT2D eigenvalue weighted by Gasteiger charge is -2.07. The van der Waals surface area contributed by atoms with Crippen molar-refractivity contribution in [2.75, 3.05) is 16.8 Å². The quantitative estimate of drug-likeness (QED) is 0.789. The molecule has 0 spiro atoms. The minimum atomic E-state index is -1.40. The normalized spacial score (nSPS) is 11.9. The van der Waals surface area contributed by atoms with Crippen LogP contribution in [0.2, 0.25) is 5.02 Å². The molecule has 0 saturated carbocycles. The van der Waals surface area contributed by atoms with E-state index in [4.69, 9.17) is 17.3 Å². The highest BCUT2D eigenvalue weighted by Crippen LogP contribution is 2.22. The third-order valence-corrected chi connectivity index (χ3v) is 4.81. The summed E-state index contributed by atoms with van der Waals surface area (Å²) >= 11 is 9.11. The molecule has 7 heteroatoms. The van der Waals surface area contributed by atoms with Crippen LogP contribution in [0.15, 0.2) is 51.8 Å². The Balaban J connectivity index is 1.99. The molecule has 0 aliphatic carbocycles. The lowest BCUT2D eigenvalue weighted by Crippen LogP contribution is -2.19. The smallest absolute Gasteiger partial charge is 0.237 e. The molecule has 2 rings (SSSR count). The molecule has 21 heavy (non-hydrogen) atoms. The number of carbonyl (C=O) groups is 1. The second-order valence-corrected chi connectivity index (χ2v) is 7.00. The van der Waals surface area contributed by atoms with Gasteiger partial charge in [-0.25, -0.2) is 0 Å². The molecule has 0 aromatic heterocycles. The van der Waals surface area contributed by atoms with Crippen LogP contribution < -0.4 is 11.1 Å². The molecule has 4 nitrogen and oxygen atoms in total. The molecule has 0 heterocycles. The van der Waals surface area contributed by atoms with Crippen molar-refractivity contribution in [2.24, 2.45) is 0 Å². The van der Waals surface area contributed by atoms with Crippen LogP contribution in [0.25, 0.3) is 0 Å². The fourth-order valence-corrected chi connectivity index (χ4v) is 2.91. The molecule has 0 fully saturated rings. The van der Waals surface area contributed by atoms with Crippen molar-refractivity contribution in [3.63, 3.8) is 0 Å². The lowest BCUT2D eigenvalue weighted by atomic mass is 10.3. The topological polar surface area (TPSA) is 72.2 Å².